The fourth-order valence-corrected chi connectivity index (χ4v) is 1.94. The van der Waals surface area contributed by atoms with Crippen LogP contribution in [0.1, 0.15) is 0 Å². The second-order valence-corrected chi connectivity index (χ2v) is 4.66. The molecule has 0 unspecified atom stereocenters. The lowest BCUT2D eigenvalue weighted by atomic mass is 10.3. The van der Waals surface area contributed by atoms with E-state index in [2.05, 4.69) is 5.73 Å². The van der Waals surface area contributed by atoms with Gasteiger partial charge in [-0.2, -0.15) is 0 Å². The van der Waals surface area contributed by atoms with Crippen molar-refractivity contribution in [1.29, 1.82) is 0 Å². The van der Waals surface area contributed by atoms with Crippen molar-refractivity contribution in [3.05, 3.63) is 24.3 Å². The summed E-state index contributed by atoms with van der Waals surface area (Å²) < 4.78 is 29.5. The SMILES string of the molecule is COc1ccc(S(=O)(=O)NC(=O)C(N)=O)cc1. The average Bonchev–Trinajstić information content (AvgIpc) is 2.28. The molecule has 0 spiro atoms. The number of amides is 2. The number of methoxy groups -OCH3 is 1. The van der Waals surface area contributed by atoms with E-state index < -0.39 is 21.8 Å². The molecule has 0 radical (unpaired) electrons. The maximum Gasteiger partial charge on any atom is 0.322 e. The largest absolute Gasteiger partial charge is 0.497 e. The van der Waals surface area contributed by atoms with Gasteiger partial charge >= 0.3 is 11.8 Å². The Labute approximate surface area is 97.6 Å². The quantitative estimate of drug-likeness (QED) is 0.673. The zero-order valence-corrected chi connectivity index (χ0v) is 9.65. The van der Waals surface area contributed by atoms with Crippen molar-refractivity contribution in [2.45, 2.75) is 4.90 Å². The van der Waals surface area contributed by atoms with Crippen molar-refractivity contribution in [3.8, 4) is 5.75 Å². The van der Waals surface area contributed by atoms with Gasteiger partial charge in [-0.3, -0.25) is 9.59 Å². The number of benzene rings is 1. The molecule has 3 N–H and O–H groups in total. The van der Waals surface area contributed by atoms with Crippen molar-refractivity contribution >= 4 is 21.8 Å². The number of sulfonamides is 1. The van der Waals surface area contributed by atoms with Gasteiger partial charge in [0.25, 0.3) is 10.0 Å². The lowest BCUT2D eigenvalue weighted by Gasteiger charge is -2.05. The Morgan fingerprint density at radius 1 is 1.24 bits per heavy atom. The fourth-order valence-electron chi connectivity index (χ4n) is 0.986. The molecule has 7 nitrogen and oxygen atoms in total. The third-order valence-corrected chi connectivity index (χ3v) is 3.17. The van der Waals surface area contributed by atoms with Gasteiger partial charge < -0.3 is 10.5 Å². The minimum absolute atomic E-state index is 0.173. The van der Waals surface area contributed by atoms with E-state index in [0.29, 0.717) is 5.75 Å². The molecule has 0 aliphatic heterocycles. The summed E-state index contributed by atoms with van der Waals surface area (Å²) in [7, 11) is -2.66. The minimum Gasteiger partial charge on any atom is -0.497 e. The first-order chi connectivity index (χ1) is 7.86. The van der Waals surface area contributed by atoms with E-state index >= 15 is 0 Å². The fraction of sp³-hybridized carbons (Fsp3) is 0.111. The summed E-state index contributed by atoms with van der Waals surface area (Å²) in [5.41, 5.74) is 4.63. The molecule has 0 aliphatic carbocycles. The van der Waals surface area contributed by atoms with Gasteiger partial charge in [-0.05, 0) is 24.3 Å². The number of carbonyl (C=O) groups is 2. The molecular weight excluding hydrogens is 248 g/mol. The summed E-state index contributed by atoms with van der Waals surface area (Å²) >= 11 is 0. The molecule has 92 valence electrons. The lowest BCUT2D eigenvalue weighted by Crippen LogP contribution is -2.39. The number of rotatable bonds is 3. The summed E-state index contributed by atoms with van der Waals surface area (Å²) in [4.78, 5) is 21.1. The second-order valence-electron chi connectivity index (χ2n) is 2.97. The second kappa shape index (κ2) is 4.83. The Morgan fingerprint density at radius 2 is 1.76 bits per heavy atom. The first kappa shape index (κ1) is 13.0. The van der Waals surface area contributed by atoms with E-state index in [0.717, 1.165) is 0 Å². The van der Waals surface area contributed by atoms with E-state index in [1.54, 1.807) is 0 Å². The highest BCUT2D eigenvalue weighted by molar-refractivity contribution is 7.90. The van der Waals surface area contributed by atoms with Crippen LogP contribution in [0.4, 0.5) is 0 Å². The molecule has 17 heavy (non-hydrogen) atoms. The van der Waals surface area contributed by atoms with Crippen LogP contribution in [0.3, 0.4) is 0 Å². The van der Waals surface area contributed by atoms with Crippen LogP contribution in [-0.4, -0.2) is 27.3 Å². The van der Waals surface area contributed by atoms with Gasteiger partial charge in [0.15, 0.2) is 0 Å². The number of primary amides is 1. The van der Waals surface area contributed by atoms with Gasteiger partial charge in [-0.15, -0.1) is 0 Å². The third kappa shape index (κ3) is 3.18. The lowest BCUT2D eigenvalue weighted by molar-refractivity contribution is -0.136. The van der Waals surface area contributed by atoms with Crippen LogP contribution in [0.15, 0.2) is 29.2 Å². The predicted molar refractivity (Wildman–Crippen MR) is 57.5 cm³/mol. The molecule has 1 aromatic carbocycles. The van der Waals surface area contributed by atoms with E-state index in [1.807, 2.05) is 0 Å². The summed E-state index contributed by atoms with van der Waals surface area (Å²) in [6.07, 6.45) is 0. The predicted octanol–water partition coefficient (Wildman–Crippen LogP) is -1.01. The Balaban J connectivity index is 2.97. The summed E-state index contributed by atoms with van der Waals surface area (Å²) in [6, 6.07) is 5.28. The van der Waals surface area contributed by atoms with E-state index in [1.165, 1.54) is 36.1 Å². The molecule has 1 aromatic rings. The number of carbonyl (C=O) groups excluding carboxylic acids is 2. The summed E-state index contributed by atoms with van der Waals surface area (Å²) in [5, 5.41) is 0. The van der Waals surface area contributed by atoms with Crippen LogP contribution in [0.2, 0.25) is 0 Å². The van der Waals surface area contributed by atoms with Crippen molar-refractivity contribution in [2.24, 2.45) is 5.73 Å². The van der Waals surface area contributed by atoms with Crippen LogP contribution < -0.4 is 15.2 Å². The first-order valence-corrected chi connectivity index (χ1v) is 5.86. The highest BCUT2D eigenvalue weighted by atomic mass is 32.2. The Morgan fingerprint density at radius 3 is 2.18 bits per heavy atom. The van der Waals surface area contributed by atoms with Crippen molar-refractivity contribution in [3.63, 3.8) is 0 Å². The molecule has 0 saturated heterocycles. The van der Waals surface area contributed by atoms with E-state index in [9.17, 15) is 18.0 Å². The Kier molecular flexibility index (Phi) is 3.69. The highest BCUT2D eigenvalue weighted by Crippen LogP contribution is 2.14. The molecule has 2 amide bonds. The molecule has 0 saturated carbocycles. The maximum atomic E-state index is 11.6. The molecule has 0 fully saturated rings. The summed E-state index contributed by atoms with van der Waals surface area (Å²) in [5.74, 6) is -2.30. The molecule has 1 rings (SSSR count). The van der Waals surface area contributed by atoms with Gasteiger partial charge in [-0.1, -0.05) is 0 Å². The topological polar surface area (TPSA) is 116 Å². The number of nitrogens with one attached hydrogen (secondary N) is 1. The number of hydrogen-bond donors (Lipinski definition) is 2. The van der Waals surface area contributed by atoms with E-state index in [4.69, 9.17) is 4.74 Å². The van der Waals surface area contributed by atoms with Gasteiger partial charge in [-0.25, -0.2) is 13.1 Å². The van der Waals surface area contributed by atoms with Gasteiger partial charge in [0.05, 0.1) is 12.0 Å². The van der Waals surface area contributed by atoms with Gasteiger partial charge in [0.2, 0.25) is 0 Å². The molecule has 0 atom stereocenters. The summed E-state index contributed by atoms with van der Waals surface area (Å²) in [6.45, 7) is 0. The van der Waals surface area contributed by atoms with Crippen molar-refractivity contribution in [2.75, 3.05) is 7.11 Å². The molecule has 0 aliphatic rings. The Bertz CT molecular complexity index is 535. The molecule has 0 aromatic heterocycles. The van der Waals surface area contributed by atoms with Crippen LogP contribution in [-0.2, 0) is 19.6 Å². The maximum absolute atomic E-state index is 11.6. The molecule has 0 heterocycles. The minimum atomic E-state index is -4.09. The van der Waals surface area contributed by atoms with Gasteiger partial charge in [0.1, 0.15) is 5.75 Å². The number of ether oxygens (including phenoxy) is 1. The third-order valence-electron chi connectivity index (χ3n) is 1.82. The normalized spacial score (nSPS) is 10.6. The van der Waals surface area contributed by atoms with Gasteiger partial charge in [0, 0.05) is 0 Å². The van der Waals surface area contributed by atoms with Crippen LogP contribution in [0, 0.1) is 0 Å². The van der Waals surface area contributed by atoms with E-state index in [-0.39, 0.29) is 4.90 Å². The number of hydrogen-bond acceptors (Lipinski definition) is 5. The molecule has 8 heteroatoms. The first-order valence-electron chi connectivity index (χ1n) is 4.37. The molecule has 0 bridgehead atoms. The van der Waals surface area contributed by atoms with Crippen molar-refractivity contribution in [1.82, 2.24) is 4.72 Å². The standard InChI is InChI=1S/C9H10N2O5S/c1-16-6-2-4-7(5-3-6)17(14,15)11-9(13)8(10)12/h2-5H,1H3,(H2,10,12)(H,11,13). The zero-order chi connectivity index (χ0) is 13.1. The van der Waals surface area contributed by atoms with Crippen LogP contribution in [0.25, 0.3) is 0 Å². The Hall–Kier alpha value is -2.09. The number of nitrogens with two attached hydrogens (primary N) is 1. The van der Waals surface area contributed by atoms with Crippen LogP contribution in [0.5, 0.6) is 5.75 Å². The zero-order valence-electron chi connectivity index (χ0n) is 8.84. The van der Waals surface area contributed by atoms with Crippen LogP contribution >= 0.6 is 0 Å². The smallest absolute Gasteiger partial charge is 0.322 e. The molecular formula is C9H10N2O5S. The monoisotopic (exact) mass is 258 g/mol. The highest BCUT2D eigenvalue weighted by Gasteiger charge is 2.20. The van der Waals surface area contributed by atoms with Crippen molar-refractivity contribution < 1.29 is 22.7 Å². The average molecular weight is 258 g/mol.